The second kappa shape index (κ2) is 9.54. The Kier molecular flexibility index (Phi) is 6.46. The highest BCUT2D eigenvalue weighted by Crippen LogP contribution is 2.34. The number of amides is 1. The maximum absolute atomic E-state index is 13.8. The molecule has 0 spiro atoms. The van der Waals surface area contributed by atoms with Gasteiger partial charge in [0.05, 0.1) is 24.2 Å². The zero-order valence-electron chi connectivity index (χ0n) is 20.3. The molecule has 184 valence electrons. The number of anilines is 1. The van der Waals surface area contributed by atoms with Crippen molar-refractivity contribution in [3.63, 3.8) is 0 Å². The van der Waals surface area contributed by atoms with Gasteiger partial charge >= 0.3 is 0 Å². The third-order valence-electron chi connectivity index (χ3n) is 6.95. The van der Waals surface area contributed by atoms with Crippen LogP contribution >= 0.6 is 11.3 Å². The number of nitrogens with zero attached hydrogens (tertiary/aromatic N) is 3. The van der Waals surface area contributed by atoms with E-state index in [1.807, 2.05) is 0 Å². The van der Waals surface area contributed by atoms with E-state index in [1.165, 1.54) is 4.88 Å². The third-order valence-corrected chi connectivity index (χ3v) is 8.13. The maximum atomic E-state index is 13.8. The van der Waals surface area contributed by atoms with E-state index in [2.05, 4.69) is 24.1 Å². The summed E-state index contributed by atoms with van der Waals surface area (Å²) in [6.45, 7) is 7.86. The zero-order valence-corrected chi connectivity index (χ0v) is 21.2. The molecule has 0 fully saturated rings. The Balaban J connectivity index is 1.55. The van der Waals surface area contributed by atoms with Crippen LogP contribution in [0.2, 0.25) is 0 Å². The number of hydrogen-bond donors (Lipinski definition) is 1. The van der Waals surface area contributed by atoms with Crippen molar-refractivity contribution in [3.05, 3.63) is 50.4 Å². The number of nitrogens with one attached hydrogen (secondary N) is 1. The van der Waals surface area contributed by atoms with Gasteiger partial charge in [0, 0.05) is 10.4 Å². The first-order chi connectivity index (χ1) is 16.9. The van der Waals surface area contributed by atoms with Crippen molar-refractivity contribution in [3.8, 4) is 5.75 Å². The molecule has 9 heteroatoms. The smallest absolute Gasteiger partial charge is 0.265 e. The van der Waals surface area contributed by atoms with Gasteiger partial charge < -0.3 is 10.1 Å². The molecule has 8 nitrogen and oxygen atoms in total. The molecule has 35 heavy (non-hydrogen) atoms. The monoisotopic (exact) mass is 494 g/mol. The van der Waals surface area contributed by atoms with E-state index >= 15 is 0 Å². The molecule has 3 heterocycles. The summed E-state index contributed by atoms with van der Waals surface area (Å²) in [5, 5.41) is 3.47. The Morgan fingerprint density at radius 1 is 1.23 bits per heavy atom. The minimum atomic E-state index is -0.584. The molecular formula is C26H30N4O4S. The molecule has 2 aromatic heterocycles. The zero-order chi connectivity index (χ0) is 24.7. The van der Waals surface area contributed by atoms with Crippen LogP contribution in [-0.4, -0.2) is 45.3 Å². The van der Waals surface area contributed by atoms with Crippen molar-refractivity contribution in [2.24, 2.45) is 0 Å². The number of aryl methyl sites for hydroxylation is 2. The van der Waals surface area contributed by atoms with Gasteiger partial charge in [0.25, 0.3) is 11.5 Å². The van der Waals surface area contributed by atoms with Gasteiger partial charge in [-0.15, -0.1) is 11.3 Å². The number of ketones is 1. The average Bonchev–Trinajstić information content (AvgIpc) is 3.23. The van der Waals surface area contributed by atoms with Crippen LogP contribution in [0.15, 0.2) is 23.0 Å². The number of benzene rings is 1. The molecule has 1 N–H and O–H groups in total. The van der Waals surface area contributed by atoms with Crippen molar-refractivity contribution >= 4 is 38.9 Å². The molecule has 1 atom stereocenters. The number of carbonyl (C=O) groups excluding carboxylic acids is 2. The molecule has 1 amide bonds. The number of thiophene rings is 1. The van der Waals surface area contributed by atoms with E-state index in [0.29, 0.717) is 34.8 Å². The number of rotatable bonds is 7. The number of carbonyl (C=O) groups is 2. The van der Waals surface area contributed by atoms with E-state index in [0.717, 1.165) is 49.2 Å². The standard InChI is InChI=1S/C26H30N4O4S/c1-4-29(5-2)14-22-28-25-23(17-8-6-7-9-21(17)35-25)26(33)30(22)13-19(31)16-10-11-20-18(12-16)27-24(32)15(3)34-20/h10-12,15H,4-9,13-14H2,1-3H3,(H,27,32). The molecule has 2 aliphatic rings. The van der Waals surface area contributed by atoms with Crippen molar-refractivity contribution in [1.29, 1.82) is 0 Å². The number of hydrogen-bond acceptors (Lipinski definition) is 7. The lowest BCUT2D eigenvalue weighted by molar-refractivity contribution is -0.122. The largest absolute Gasteiger partial charge is 0.479 e. The molecule has 0 saturated carbocycles. The molecular weight excluding hydrogens is 464 g/mol. The topological polar surface area (TPSA) is 93.5 Å². The van der Waals surface area contributed by atoms with Crippen LogP contribution in [0.3, 0.4) is 0 Å². The summed E-state index contributed by atoms with van der Waals surface area (Å²) in [5.41, 5.74) is 1.87. The summed E-state index contributed by atoms with van der Waals surface area (Å²) in [5.74, 6) is 0.674. The van der Waals surface area contributed by atoms with Crippen LogP contribution in [0, 0.1) is 0 Å². The van der Waals surface area contributed by atoms with Crippen molar-refractivity contribution in [1.82, 2.24) is 14.5 Å². The second-order valence-electron chi connectivity index (χ2n) is 9.16. The van der Waals surface area contributed by atoms with E-state index in [-0.39, 0.29) is 23.8 Å². The second-order valence-corrected chi connectivity index (χ2v) is 10.2. The number of ether oxygens (including phenoxy) is 1. The Morgan fingerprint density at radius 3 is 2.77 bits per heavy atom. The van der Waals surface area contributed by atoms with E-state index < -0.39 is 6.10 Å². The first-order valence-corrected chi connectivity index (χ1v) is 13.1. The molecule has 1 aliphatic carbocycles. The van der Waals surface area contributed by atoms with Gasteiger partial charge in [-0.1, -0.05) is 13.8 Å². The van der Waals surface area contributed by atoms with Crippen molar-refractivity contribution < 1.29 is 14.3 Å². The van der Waals surface area contributed by atoms with Gasteiger partial charge in [-0.2, -0.15) is 0 Å². The average molecular weight is 495 g/mol. The molecule has 3 aromatic rings. The third kappa shape index (κ3) is 4.38. The molecule has 0 radical (unpaired) electrons. The predicted molar refractivity (Wildman–Crippen MR) is 137 cm³/mol. The minimum absolute atomic E-state index is 0.104. The van der Waals surface area contributed by atoms with Crippen LogP contribution in [0.4, 0.5) is 5.69 Å². The molecule has 1 aromatic carbocycles. The van der Waals surface area contributed by atoms with Crippen LogP contribution < -0.4 is 15.6 Å². The summed E-state index contributed by atoms with van der Waals surface area (Å²) in [6, 6.07) is 4.99. The lowest BCUT2D eigenvalue weighted by Crippen LogP contribution is -2.34. The summed E-state index contributed by atoms with van der Waals surface area (Å²) in [7, 11) is 0. The molecule has 1 unspecified atom stereocenters. The van der Waals surface area contributed by atoms with Crippen molar-refractivity contribution in [2.75, 3.05) is 18.4 Å². The fourth-order valence-electron chi connectivity index (χ4n) is 4.83. The van der Waals surface area contributed by atoms with Crippen molar-refractivity contribution in [2.45, 2.75) is 65.6 Å². The molecule has 1 aliphatic heterocycles. The highest BCUT2D eigenvalue weighted by Gasteiger charge is 2.26. The van der Waals surface area contributed by atoms with Gasteiger partial charge in [0.1, 0.15) is 16.4 Å². The molecule has 5 rings (SSSR count). The van der Waals surface area contributed by atoms with Gasteiger partial charge in [0.2, 0.25) is 0 Å². The fraction of sp³-hybridized carbons (Fsp3) is 0.462. The van der Waals surface area contributed by atoms with Crippen LogP contribution in [0.25, 0.3) is 10.2 Å². The highest BCUT2D eigenvalue weighted by atomic mass is 32.1. The van der Waals surface area contributed by atoms with Crippen LogP contribution in [0.5, 0.6) is 5.75 Å². The van der Waals surface area contributed by atoms with Crippen LogP contribution in [0.1, 0.15) is 60.2 Å². The first-order valence-electron chi connectivity index (χ1n) is 12.3. The van der Waals surface area contributed by atoms with E-state index in [1.54, 1.807) is 41.0 Å². The lowest BCUT2D eigenvalue weighted by atomic mass is 9.97. The number of Topliss-reactive ketones (excluding diaryl/α,β-unsaturated/α-hetero) is 1. The predicted octanol–water partition coefficient (Wildman–Crippen LogP) is 3.78. The highest BCUT2D eigenvalue weighted by molar-refractivity contribution is 7.18. The number of fused-ring (bicyclic) bond motifs is 4. The van der Waals surface area contributed by atoms with E-state index in [9.17, 15) is 14.4 Å². The normalized spacial score (nSPS) is 17.1. The first kappa shape index (κ1) is 23.7. The van der Waals surface area contributed by atoms with Gasteiger partial charge in [0.15, 0.2) is 11.9 Å². The summed E-state index contributed by atoms with van der Waals surface area (Å²) < 4.78 is 7.16. The fourth-order valence-corrected chi connectivity index (χ4v) is 6.10. The van der Waals surface area contributed by atoms with Gasteiger partial charge in [-0.05, 0) is 69.5 Å². The molecule has 0 saturated heterocycles. The Morgan fingerprint density at radius 2 is 2.00 bits per heavy atom. The van der Waals surface area contributed by atoms with Gasteiger partial charge in [-0.3, -0.25) is 23.9 Å². The Labute approximate surface area is 207 Å². The summed E-state index contributed by atoms with van der Waals surface area (Å²) in [4.78, 5) is 48.4. The minimum Gasteiger partial charge on any atom is -0.479 e. The Hall–Kier alpha value is -3.04. The SMILES string of the molecule is CCN(CC)Cc1nc2sc3c(c2c(=O)n1CC(=O)c1ccc2c(c1)NC(=O)C(C)O2)CCCC3. The number of aromatic nitrogens is 2. The summed E-state index contributed by atoms with van der Waals surface area (Å²) >= 11 is 1.63. The lowest BCUT2D eigenvalue weighted by Gasteiger charge is -2.23. The quantitative estimate of drug-likeness (QED) is 0.503. The Bertz CT molecular complexity index is 1370. The maximum Gasteiger partial charge on any atom is 0.265 e. The van der Waals surface area contributed by atoms with E-state index in [4.69, 9.17) is 9.72 Å². The van der Waals surface area contributed by atoms with Crippen LogP contribution in [-0.2, 0) is 30.7 Å². The van der Waals surface area contributed by atoms with Gasteiger partial charge in [-0.25, -0.2) is 4.98 Å². The molecule has 0 bridgehead atoms. The summed E-state index contributed by atoms with van der Waals surface area (Å²) in [6.07, 6.45) is 3.50.